The number of fused-ring (bicyclic) bond motifs is 1. The minimum atomic E-state index is -0.504. The van der Waals surface area contributed by atoms with Gasteiger partial charge in [-0.05, 0) is 41.5 Å². The first-order valence-corrected chi connectivity index (χ1v) is 13.0. The predicted octanol–water partition coefficient (Wildman–Crippen LogP) is 6.35. The summed E-state index contributed by atoms with van der Waals surface area (Å²) in [6.07, 6.45) is 3.71. The van der Waals surface area contributed by atoms with Crippen LogP contribution in [0.5, 0.6) is 0 Å². The molecule has 0 aliphatic heterocycles. The number of halogens is 1. The number of carbonyl (C=O) groups excluding carboxylic acids is 2. The highest BCUT2D eigenvalue weighted by Gasteiger charge is 2.19. The molecule has 0 spiro atoms. The molecule has 2 N–H and O–H groups in total. The molecule has 39 heavy (non-hydrogen) atoms. The van der Waals surface area contributed by atoms with Gasteiger partial charge >= 0.3 is 0 Å². The highest BCUT2D eigenvalue weighted by Crippen LogP contribution is 2.22. The Bertz CT molecular complexity index is 1600. The lowest BCUT2D eigenvalue weighted by molar-refractivity contribution is -0.121. The van der Waals surface area contributed by atoms with Crippen molar-refractivity contribution in [3.05, 3.63) is 143 Å². The number of benzene rings is 4. The molecule has 194 valence electrons. The second-order valence-electron chi connectivity index (χ2n) is 9.16. The van der Waals surface area contributed by atoms with Crippen LogP contribution in [0.3, 0.4) is 0 Å². The summed E-state index contributed by atoms with van der Waals surface area (Å²) in [6, 6.07) is 33.7. The zero-order valence-corrected chi connectivity index (χ0v) is 21.9. The Hall–Kier alpha value is -4.68. The molecule has 2 amide bonds. The Labute approximate surface area is 231 Å². The van der Waals surface area contributed by atoms with Crippen LogP contribution in [0.2, 0.25) is 5.02 Å². The highest BCUT2D eigenvalue weighted by molar-refractivity contribution is 6.30. The maximum Gasteiger partial charge on any atom is 0.251 e. The molecule has 1 aromatic heterocycles. The van der Waals surface area contributed by atoms with Gasteiger partial charge < -0.3 is 9.88 Å². The molecule has 0 aliphatic rings. The second-order valence-corrected chi connectivity index (χ2v) is 9.59. The van der Waals surface area contributed by atoms with Crippen molar-refractivity contribution < 1.29 is 9.59 Å². The monoisotopic (exact) mass is 534 g/mol. The van der Waals surface area contributed by atoms with Crippen molar-refractivity contribution in [2.75, 3.05) is 0 Å². The van der Waals surface area contributed by atoms with Gasteiger partial charge in [-0.3, -0.25) is 9.59 Å². The second kappa shape index (κ2) is 12.2. The SMILES string of the molecule is O=C(C[C@@H](NC(=O)c1ccccc1)c1ccccc1)N/N=C\c1cn(Cc2ccc(Cl)cc2)c2ccccc12. The van der Waals surface area contributed by atoms with E-state index in [-0.39, 0.29) is 18.2 Å². The largest absolute Gasteiger partial charge is 0.345 e. The molecule has 6 nitrogen and oxygen atoms in total. The van der Waals surface area contributed by atoms with Crippen molar-refractivity contribution >= 4 is 40.5 Å². The van der Waals surface area contributed by atoms with Crippen LogP contribution < -0.4 is 10.7 Å². The van der Waals surface area contributed by atoms with Crippen LogP contribution in [-0.2, 0) is 11.3 Å². The third-order valence-corrected chi connectivity index (χ3v) is 6.66. The normalized spacial score (nSPS) is 11.9. The molecule has 0 aliphatic carbocycles. The van der Waals surface area contributed by atoms with E-state index in [9.17, 15) is 9.59 Å². The highest BCUT2D eigenvalue weighted by atomic mass is 35.5. The number of nitrogens with zero attached hydrogens (tertiary/aromatic N) is 2. The zero-order valence-electron chi connectivity index (χ0n) is 21.1. The van der Waals surface area contributed by atoms with Crippen LogP contribution >= 0.6 is 11.6 Å². The van der Waals surface area contributed by atoms with Gasteiger partial charge in [-0.2, -0.15) is 5.10 Å². The first-order chi connectivity index (χ1) is 19.1. The number of para-hydroxylation sites is 1. The lowest BCUT2D eigenvalue weighted by Gasteiger charge is -2.18. The number of aromatic nitrogens is 1. The van der Waals surface area contributed by atoms with E-state index >= 15 is 0 Å². The van der Waals surface area contributed by atoms with E-state index in [4.69, 9.17) is 11.6 Å². The minimum Gasteiger partial charge on any atom is -0.345 e. The molecule has 0 saturated carbocycles. The third kappa shape index (κ3) is 6.61. The molecule has 0 saturated heterocycles. The van der Waals surface area contributed by atoms with Gasteiger partial charge in [-0.15, -0.1) is 0 Å². The van der Waals surface area contributed by atoms with Gasteiger partial charge in [0.15, 0.2) is 0 Å². The zero-order chi connectivity index (χ0) is 27.0. The van der Waals surface area contributed by atoms with Crippen LogP contribution in [0.15, 0.2) is 120 Å². The van der Waals surface area contributed by atoms with Crippen molar-refractivity contribution in [2.24, 2.45) is 5.10 Å². The maximum atomic E-state index is 12.9. The van der Waals surface area contributed by atoms with E-state index in [1.807, 2.05) is 85.1 Å². The van der Waals surface area contributed by atoms with Gasteiger partial charge in [-0.1, -0.05) is 90.5 Å². The lowest BCUT2D eigenvalue weighted by atomic mass is 10.0. The van der Waals surface area contributed by atoms with E-state index in [0.29, 0.717) is 17.1 Å². The number of hydrogen-bond donors (Lipinski definition) is 2. The molecular formula is C32H27ClN4O2. The molecule has 0 radical (unpaired) electrons. The smallest absolute Gasteiger partial charge is 0.251 e. The molecular weight excluding hydrogens is 508 g/mol. The van der Waals surface area contributed by atoms with Crippen molar-refractivity contribution in [1.82, 2.24) is 15.3 Å². The molecule has 0 fully saturated rings. The van der Waals surface area contributed by atoms with E-state index < -0.39 is 6.04 Å². The Morgan fingerprint density at radius 1 is 0.846 bits per heavy atom. The number of carbonyl (C=O) groups is 2. The number of nitrogens with one attached hydrogen (secondary N) is 2. The Morgan fingerprint density at radius 2 is 1.51 bits per heavy atom. The van der Waals surface area contributed by atoms with Gasteiger partial charge in [0.2, 0.25) is 5.91 Å². The molecule has 1 heterocycles. The fraction of sp³-hybridized carbons (Fsp3) is 0.0938. The Kier molecular flexibility index (Phi) is 8.15. The topological polar surface area (TPSA) is 75.5 Å². The average Bonchev–Trinajstić information content (AvgIpc) is 3.32. The Balaban J connectivity index is 1.29. The van der Waals surface area contributed by atoms with Crippen molar-refractivity contribution in [3.8, 4) is 0 Å². The minimum absolute atomic E-state index is 0.0399. The van der Waals surface area contributed by atoms with Gasteiger partial charge in [0.1, 0.15) is 0 Å². The maximum absolute atomic E-state index is 12.9. The fourth-order valence-electron chi connectivity index (χ4n) is 4.47. The van der Waals surface area contributed by atoms with Crippen LogP contribution in [0.1, 0.15) is 39.5 Å². The summed E-state index contributed by atoms with van der Waals surface area (Å²) in [5.74, 6) is -0.549. The molecule has 5 aromatic rings. The van der Waals surface area contributed by atoms with Crippen LogP contribution in [-0.4, -0.2) is 22.6 Å². The third-order valence-electron chi connectivity index (χ3n) is 6.41. The first kappa shape index (κ1) is 25.9. The number of hydrogen-bond acceptors (Lipinski definition) is 3. The number of hydrazone groups is 1. The van der Waals surface area contributed by atoms with Gasteiger partial charge in [-0.25, -0.2) is 5.43 Å². The average molecular weight is 535 g/mol. The molecule has 5 rings (SSSR count). The van der Waals surface area contributed by atoms with E-state index in [1.165, 1.54) is 0 Å². The van der Waals surface area contributed by atoms with Gasteiger partial charge in [0, 0.05) is 39.8 Å². The van der Waals surface area contributed by atoms with Gasteiger partial charge in [0.05, 0.1) is 18.7 Å². The number of rotatable bonds is 9. The first-order valence-electron chi connectivity index (χ1n) is 12.6. The summed E-state index contributed by atoms with van der Waals surface area (Å²) in [4.78, 5) is 25.7. The standard InChI is InChI=1S/C32H27ClN4O2/c33-27-17-15-23(16-18-27)21-37-22-26(28-13-7-8-14-30(28)37)20-34-36-31(38)19-29(24-9-3-1-4-10-24)35-32(39)25-11-5-2-6-12-25/h1-18,20,22,29H,19,21H2,(H,35,39)(H,36,38)/b34-20-/t29-/m1/s1. The molecule has 0 unspecified atom stereocenters. The summed E-state index contributed by atoms with van der Waals surface area (Å²) >= 11 is 6.04. The van der Waals surface area contributed by atoms with E-state index in [1.54, 1.807) is 30.5 Å². The van der Waals surface area contributed by atoms with Crippen LogP contribution in [0, 0.1) is 0 Å². The summed E-state index contributed by atoms with van der Waals surface area (Å²) in [5, 5.41) is 8.95. The summed E-state index contributed by atoms with van der Waals surface area (Å²) < 4.78 is 2.15. The fourth-order valence-corrected chi connectivity index (χ4v) is 4.59. The summed E-state index contributed by atoms with van der Waals surface area (Å²) in [7, 11) is 0. The van der Waals surface area contributed by atoms with Gasteiger partial charge in [0.25, 0.3) is 5.91 Å². The quantitative estimate of drug-likeness (QED) is 0.171. The number of amides is 2. The summed E-state index contributed by atoms with van der Waals surface area (Å²) in [6.45, 7) is 0.678. The van der Waals surface area contributed by atoms with Crippen LogP contribution in [0.4, 0.5) is 0 Å². The van der Waals surface area contributed by atoms with E-state index in [2.05, 4.69) is 26.5 Å². The Morgan fingerprint density at radius 3 is 2.26 bits per heavy atom. The van der Waals surface area contributed by atoms with Crippen molar-refractivity contribution in [2.45, 2.75) is 19.0 Å². The molecule has 4 aromatic carbocycles. The predicted molar refractivity (Wildman–Crippen MR) is 156 cm³/mol. The van der Waals surface area contributed by atoms with Crippen molar-refractivity contribution in [1.29, 1.82) is 0 Å². The van der Waals surface area contributed by atoms with Crippen LogP contribution in [0.25, 0.3) is 10.9 Å². The molecule has 7 heteroatoms. The molecule has 1 atom stereocenters. The van der Waals surface area contributed by atoms with Crippen molar-refractivity contribution in [3.63, 3.8) is 0 Å². The lowest BCUT2D eigenvalue weighted by Crippen LogP contribution is -2.32. The van der Waals surface area contributed by atoms with E-state index in [0.717, 1.165) is 27.6 Å². The summed E-state index contributed by atoms with van der Waals surface area (Å²) in [5.41, 5.74) is 7.08. The molecule has 0 bridgehead atoms.